The van der Waals surface area contributed by atoms with Crippen LogP contribution in [-0.2, 0) is 10.0 Å². The summed E-state index contributed by atoms with van der Waals surface area (Å²) < 4.78 is 25.8. The lowest BCUT2D eigenvalue weighted by molar-refractivity contribution is 0.151. The molecule has 0 spiro atoms. The summed E-state index contributed by atoms with van der Waals surface area (Å²) in [6.07, 6.45) is 7.35. The van der Waals surface area contributed by atoms with Crippen molar-refractivity contribution in [3.05, 3.63) is 0 Å². The maximum atomic E-state index is 11.5. The first-order valence-corrected chi connectivity index (χ1v) is 8.50. The second kappa shape index (κ2) is 5.67. The Morgan fingerprint density at radius 3 is 2.24 bits per heavy atom. The van der Waals surface area contributed by atoms with Crippen LogP contribution in [0.2, 0.25) is 0 Å². The van der Waals surface area contributed by atoms with Gasteiger partial charge >= 0.3 is 0 Å². The normalized spacial score (nSPS) is 25.5. The first-order chi connectivity index (χ1) is 8.11. The van der Waals surface area contributed by atoms with Crippen LogP contribution >= 0.6 is 0 Å². The molecule has 0 bridgehead atoms. The fourth-order valence-electron chi connectivity index (χ4n) is 2.99. The molecule has 4 nitrogen and oxygen atoms in total. The zero-order valence-electron chi connectivity index (χ0n) is 10.7. The Hall–Kier alpha value is -0.130. The summed E-state index contributed by atoms with van der Waals surface area (Å²) in [4.78, 5) is 2.56. The highest BCUT2D eigenvalue weighted by atomic mass is 32.2. The lowest BCUT2D eigenvalue weighted by Crippen LogP contribution is -2.47. The van der Waals surface area contributed by atoms with E-state index in [-0.39, 0.29) is 11.8 Å². The first-order valence-electron chi connectivity index (χ1n) is 6.85. The maximum absolute atomic E-state index is 11.5. The van der Waals surface area contributed by atoms with Crippen molar-refractivity contribution in [2.75, 3.05) is 18.8 Å². The molecular formula is C12H24N2O2S. The predicted octanol–water partition coefficient (Wildman–Crippen LogP) is 1.33. The van der Waals surface area contributed by atoms with Crippen LogP contribution in [0.15, 0.2) is 0 Å². The minimum absolute atomic E-state index is 0.164. The Morgan fingerprint density at radius 2 is 1.71 bits per heavy atom. The summed E-state index contributed by atoms with van der Waals surface area (Å²) in [5.74, 6) is 0.190. The summed E-state index contributed by atoms with van der Waals surface area (Å²) in [5, 5.41) is 0. The monoisotopic (exact) mass is 260 g/mol. The number of piperidine rings is 1. The van der Waals surface area contributed by atoms with Crippen molar-refractivity contribution in [1.29, 1.82) is 0 Å². The molecule has 2 rings (SSSR count). The fourth-order valence-corrected chi connectivity index (χ4v) is 3.90. The van der Waals surface area contributed by atoms with Gasteiger partial charge in [0.15, 0.2) is 0 Å². The third kappa shape index (κ3) is 3.66. The van der Waals surface area contributed by atoms with E-state index in [0.29, 0.717) is 0 Å². The molecule has 1 aliphatic heterocycles. The summed E-state index contributed by atoms with van der Waals surface area (Å²) >= 11 is 0. The molecule has 17 heavy (non-hydrogen) atoms. The van der Waals surface area contributed by atoms with Crippen molar-refractivity contribution in [3.63, 3.8) is 0 Å². The fraction of sp³-hybridized carbons (Fsp3) is 1.00. The molecule has 2 aliphatic rings. The molecule has 1 heterocycles. The number of hydrogen-bond donors (Lipinski definition) is 1. The van der Waals surface area contributed by atoms with Crippen LogP contribution in [-0.4, -0.2) is 44.2 Å². The number of sulfonamides is 1. The predicted molar refractivity (Wildman–Crippen MR) is 69.4 cm³/mol. The van der Waals surface area contributed by atoms with Gasteiger partial charge in [-0.25, -0.2) is 13.1 Å². The number of nitrogens with zero attached hydrogens (tertiary/aromatic N) is 1. The molecule has 0 radical (unpaired) electrons. The Morgan fingerprint density at radius 1 is 1.12 bits per heavy atom. The molecule has 2 fully saturated rings. The van der Waals surface area contributed by atoms with Gasteiger partial charge in [-0.3, -0.25) is 0 Å². The number of rotatable bonds is 4. The Bertz CT molecular complexity index is 328. The Kier molecular flexibility index (Phi) is 4.44. The quantitative estimate of drug-likeness (QED) is 0.829. The van der Waals surface area contributed by atoms with Gasteiger partial charge < -0.3 is 4.90 Å². The van der Waals surface area contributed by atoms with E-state index in [0.717, 1.165) is 32.0 Å². The van der Waals surface area contributed by atoms with Gasteiger partial charge in [0.05, 0.1) is 5.75 Å². The van der Waals surface area contributed by atoms with Gasteiger partial charge in [0, 0.05) is 12.1 Å². The topological polar surface area (TPSA) is 49.4 Å². The molecule has 1 saturated carbocycles. The largest absolute Gasteiger partial charge is 0.300 e. The van der Waals surface area contributed by atoms with E-state index in [9.17, 15) is 8.42 Å². The van der Waals surface area contributed by atoms with Gasteiger partial charge in [-0.05, 0) is 45.7 Å². The molecule has 0 aromatic rings. The van der Waals surface area contributed by atoms with E-state index in [4.69, 9.17) is 0 Å². The number of likely N-dealkylation sites (tertiary alicyclic amines) is 1. The summed E-state index contributed by atoms with van der Waals surface area (Å²) in [6.45, 7) is 3.80. The molecular weight excluding hydrogens is 236 g/mol. The zero-order chi connectivity index (χ0) is 12.3. The molecule has 1 aliphatic carbocycles. The minimum atomic E-state index is -3.02. The lowest BCUT2D eigenvalue weighted by Gasteiger charge is -2.36. The van der Waals surface area contributed by atoms with Crippen molar-refractivity contribution >= 4 is 10.0 Å². The zero-order valence-corrected chi connectivity index (χ0v) is 11.5. The lowest BCUT2D eigenvalue weighted by atomic mass is 10.0. The second-order valence-electron chi connectivity index (χ2n) is 5.27. The molecule has 0 atom stereocenters. The van der Waals surface area contributed by atoms with Crippen LogP contribution < -0.4 is 4.72 Å². The molecule has 0 aromatic carbocycles. The van der Waals surface area contributed by atoms with Gasteiger partial charge in [0.1, 0.15) is 0 Å². The van der Waals surface area contributed by atoms with Crippen LogP contribution in [0, 0.1) is 0 Å². The highest BCUT2D eigenvalue weighted by molar-refractivity contribution is 7.89. The van der Waals surface area contributed by atoms with Crippen LogP contribution in [0.4, 0.5) is 0 Å². The molecule has 0 amide bonds. The van der Waals surface area contributed by atoms with Crippen molar-refractivity contribution in [1.82, 2.24) is 9.62 Å². The maximum Gasteiger partial charge on any atom is 0.211 e. The van der Waals surface area contributed by atoms with Crippen LogP contribution in [0.25, 0.3) is 0 Å². The average molecular weight is 260 g/mol. The summed E-state index contributed by atoms with van der Waals surface area (Å²) in [6, 6.07) is 0.941. The van der Waals surface area contributed by atoms with Gasteiger partial charge in [-0.15, -0.1) is 0 Å². The standard InChI is InChI=1S/C12H24N2O2S/c1-2-17(15,16)13-11-7-9-14(10-8-11)12-5-3-4-6-12/h11-13H,2-10H2,1H3. The van der Waals surface area contributed by atoms with Crippen LogP contribution in [0.1, 0.15) is 45.4 Å². The van der Waals surface area contributed by atoms with E-state index in [1.165, 1.54) is 25.7 Å². The van der Waals surface area contributed by atoms with E-state index in [1.54, 1.807) is 6.92 Å². The average Bonchev–Trinajstić information content (AvgIpc) is 2.83. The molecule has 5 heteroatoms. The van der Waals surface area contributed by atoms with Gasteiger partial charge in [-0.2, -0.15) is 0 Å². The molecule has 1 saturated heterocycles. The number of nitrogens with one attached hydrogen (secondary N) is 1. The third-order valence-corrected chi connectivity index (χ3v) is 5.55. The Balaban J connectivity index is 1.77. The molecule has 0 aromatic heterocycles. The van der Waals surface area contributed by atoms with Crippen LogP contribution in [0.5, 0.6) is 0 Å². The van der Waals surface area contributed by atoms with Crippen LogP contribution in [0.3, 0.4) is 0 Å². The SMILES string of the molecule is CCS(=O)(=O)NC1CCN(C2CCCC2)CC1. The third-order valence-electron chi connectivity index (χ3n) is 4.10. The van der Waals surface area contributed by atoms with E-state index in [2.05, 4.69) is 9.62 Å². The smallest absolute Gasteiger partial charge is 0.211 e. The first kappa shape index (κ1) is 13.3. The van der Waals surface area contributed by atoms with Crippen molar-refractivity contribution < 1.29 is 8.42 Å². The van der Waals surface area contributed by atoms with E-state index < -0.39 is 10.0 Å². The second-order valence-corrected chi connectivity index (χ2v) is 7.31. The molecule has 1 N–H and O–H groups in total. The van der Waals surface area contributed by atoms with E-state index in [1.807, 2.05) is 0 Å². The van der Waals surface area contributed by atoms with Crippen molar-refractivity contribution in [3.8, 4) is 0 Å². The minimum Gasteiger partial charge on any atom is -0.300 e. The number of hydrogen-bond acceptors (Lipinski definition) is 3. The highest BCUT2D eigenvalue weighted by Gasteiger charge is 2.28. The molecule has 0 unspecified atom stereocenters. The summed E-state index contributed by atoms with van der Waals surface area (Å²) in [7, 11) is -3.02. The van der Waals surface area contributed by atoms with Crippen molar-refractivity contribution in [2.24, 2.45) is 0 Å². The van der Waals surface area contributed by atoms with Gasteiger partial charge in [0.25, 0.3) is 0 Å². The van der Waals surface area contributed by atoms with E-state index >= 15 is 0 Å². The highest BCUT2D eigenvalue weighted by Crippen LogP contribution is 2.26. The van der Waals surface area contributed by atoms with Crippen molar-refractivity contribution in [2.45, 2.75) is 57.5 Å². The van der Waals surface area contributed by atoms with Gasteiger partial charge in [0.2, 0.25) is 10.0 Å². The molecule has 100 valence electrons. The summed E-state index contributed by atoms with van der Waals surface area (Å²) in [5.41, 5.74) is 0. The Labute approximate surface area is 105 Å². The van der Waals surface area contributed by atoms with Gasteiger partial charge in [-0.1, -0.05) is 12.8 Å².